The molecular formula is C24H18O2S. The van der Waals surface area contributed by atoms with Gasteiger partial charge in [0, 0.05) is 9.79 Å². The maximum atomic E-state index is 5.92. The zero-order valence-corrected chi connectivity index (χ0v) is 15.4. The molecule has 132 valence electrons. The molecule has 0 fully saturated rings. The number of hydrogen-bond donors (Lipinski definition) is 0. The molecule has 0 aliphatic carbocycles. The van der Waals surface area contributed by atoms with Gasteiger partial charge in [-0.1, -0.05) is 60.3 Å². The fourth-order valence-corrected chi connectivity index (χ4v) is 3.50. The van der Waals surface area contributed by atoms with Crippen LogP contribution in [0.2, 0.25) is 0 Å². The van der Waals surface area contributed by atoms with Gasteiger partial charge in [-0.25, -0.2) is 0 Å². The Morgan fingerprint density at radius 2 is 0.815 bits per heavy atom. The SMILES string of the molecule is c1ccc(Oc2cccc(Sc3cccc(Oc4ccccc4)c3)c2)cc1. The molecule has 0 amide bonds. The van der Waals surface area contributed by atoms with Crippen molar-refractivity contribution >= 4 is 11.8 Å². The molecule has 4 aromatic carbocycles. The van der Waals surface area contributed by atoms with Gasteiger partial charge in [0.2, 0.25) is 0 Å². The van der Waals surface area contributed by atoms with Crippen molar-refractivity contribution in [3.8, 4) is 23.0 Å². The summed E-state index contributed by atoms with van der Waals surface area (Å²) < 4.78 is 11.8. The highest BCUT2D eigenvalue weighted by atomic mass is 32.2. The van der Waals surface area contributed by atoms with Crippen LogP contribution in [0, 0.1) is 0 Å². The van der Waals surface area contributed by atoms with Gasteiger partial charge in [0.15, 0.2) is 0 Å². The lowest BCUT2D eigenvalue weighted by molar-refractivity contribution is 0.481. The summed E-state index contributed by atoms with van der Waals surface area (Å²) >= 11 is 1.68. The van der Waals surface area contributed by atoms with Gasteiger partial charge in [0.1, 0.15) is 23.0 Å². The van der Waals surface area contributed by atoms with Crippen molar-refractivity contribution in [2.24, 2.45) is 0 Å². The highest BCUT2D eigenvalue weighted by molar-refractivity contribution is 7.99. The smallest absolute Gasteiger partial charge is 0.128 e. The van der Waals surface area contributed by atoms with Crippen molar-refractivity contribution in [3.63, 3.8) is 0 Å². The first-order valence-corrected chi connectivity index (χ1v) is 9.51. The molecule has 0 aliphatic rings. The van der Waals surface area contributed by atoms with Crippen molar-refractivity contribution < 1.29 is 9.47 Å². The molecule has 0 radical (unpaired) electrons. The third-order valence-electron chi connectivity index (χ3n) is 3.80. The van der Waals surface area contributed by atoms with Gasteiger partial charge in [-0.05, 0) is 60.7 Å². The molecule has 0 saturated carbocycles. The van der Waals surface area contributed by atoms with E-state index in [1.54, 1.807) is 11.8 Å². The molecular weight excluding hydrogens is 352 g/mol. The Kier molecular flexibility index (Phi) is 5.42. The van der Waals surface area contributed by atoms with Crippen LogP contribution in [0.15, 0.2) is 119 Å². The third kappa shape index (κ3) is 4.93. The molecule has 0 N–H and O–H groups in total. The van der Waals surface area contributed by atoms with Crippen molar-refractivity contribution in [1.29, 1.82) is 0 Å². The molecule has 3 heteroatoms. The summed E-state index contributed by atoms with van der Waals surface area (Å²) in [5.41, 5.74) is 0. The fraction of sp³-hybridized carbons (Fsp3) is 0. The summed E-state index contributed by atoms with van der Waals surface area (Å²) in [5, 5.41) is 0. The molecule has 0 spiro atoms. The zero-order chi connectivity index (χ0) is 18.3. The standard InChI is InChI=1S/C24H18O2S/c1-3-9-19(10-4-1)25-21-13-7-15-23(17-21)27-24-16-8-14-22(18-24)26-20-11-5-2-6-12-20/h1-18H. The molecule has 2 nitrogen and oxygen atoms in total. The number of benzene rings is 4. The summed E-state index contributed by atoms with van der Waals surface area (Å²) in [7, 11) is 0. The van der Waals surface area contributed by atoms with Gasteiger partial charge in [0.05, 0.1) is 0 Å². The molecule has 0 bridgehead atoms. The molecule has 4 rings (SSSR count). The maximum Gasteiger partial charge on any atom is 0.128 e. The van der Waals surface area contributed by atoms with E-state index < -0.39 is 0 Å². The Morgan fingerprint density at radius 3 is 1.26 bits per heavy atom. The molecule has 0 atom stereocenters. The first-order valence-electron chi connectivity index (χ1n) is 8.69. The highest BCUT2D eigenvalue weighted by Crippen LogP contribution is 2.34. The summed E-state index contributed by atoms with van der Waals surface area (Å²) in [6.45, 7) is 0. The summed E-state index contributed by atoms with van der Waals surface area (Å²) in [4.78, 5) is 2.22. The largest absolute Gasteiger partial charge is 0.457 e. The summed E-state index contributed by atoms with van der Waals surface area (Å²) in [6.07, 6.45) is 0. The lowest BCUT2D eigenvalue weighted by Gasteiger charge is -2.09. The molecule has 0 aliphatic heterocycles. The summed E-state index contributed by atoms with van der Waals surface area (Å²) in [5.74, 6) is 3.31. The van der Waals surface area contributed by atoms with E-state index >= 15 is 0 Å². The van der Waals surface area contributed by atoms with E-state index in [0.29, 0.717) is 0 Å². The van der Waals surface area contributed by atoms with Gasteiger partial charge in [-0.15, -0.1) is 0 Å². The maximum absolute atomic E-state index is 5.92. The lowest BCUT2D eigenvalue weighted by Crippen LogP contribution is -1.85. The van der Waals surface area contributed by atoms with Crippen LogP contribution >= 0.6 is 11.8 Å². The Labute approximate surface area is 163 Å². The average molecular weight is 370 g/mol. The van der Waals surface area contributed by atoms with Crippen LogP contribution in [-0.2, 0) is 0 Å². The van der Waals surface area contributed by atoms with Crippen LogP contribution in [0.3, 0.4) is 0 Å². The van der Waals surface area contributed by atoms with Crippen LogP contribution in [0.5, 0.6) is 23.0 Å². The van der Waals surface area contributed by atoms with Crippen molar-refractivity contribution in [1.82, 2.24) is 0 Å². The van der Waals surface area contributed by atoms with Gasteiger partial charge >= 0.3 is 0 Å². The van der Waals surface area contributed by atoms with E-state index in [1.165, 1.54) is 0 Å². The molecule has 0 unspecified atom stereocenters. The van der Waals surface area contributed by atoms with Crippen molar-refractivity contribution in [3.05, 3.63) is 109 Å². The minimum atomic E-state index is 0.822. The topological polar surface area (TPSA) is 18.5 Å². The lowest BCUT2D eigenvalue weighted by atomic mass is 10.3. The molecule has 0 aromatic heterocycles. The van der Waals surface area contributed by atoms with Gasteiger partial charge in [0.25, 0.3) is 0 Å². The Hall–Kier alpha value is -3.17. The minimum absolute atomic E-state index is 0.822. The molecule has 4 aromatic rings. The van der Waals surface area contributed by atoms with E-state index in [-0.39, 0.29) is 0 Å². The zero-order valence-electron chi connectivity index (χ0n) is 14.6. The predicted octanol–water partition coefficient (Wildman–Crippen LogP) is 7.42. The first kappa shape index (κ1) is 17.3. The second-order valence-corrected chi connectivity index (χ2v) is 7.03. The third-order valence-corrected chi connectivity index (χ3v) is 4.78. The fourth-order valence-electron chi connectivity index (χ4n) is 2.59. The number of para-hydroxylation sites is 2. The highest BCUT2D eigenvalue weighted by Gasteiger charge is 2.04. The second-order valence-electron chi connectivity index (χ2n) is 5.88. The quantitative estimate of drug-likeness (QED) is 0.352. The monoisotopic (exact) mass is 370 g/mol. The van der Waals surface area contributed by atoms with Crippen LogP contribution in [-0.4, -0.2) is 0 Å². The molecule has 0 saturated heterocycles. The average Bonchev–Trinajstić information content (AvgIpc) is 2.70. The molecule has 27 heavy (non-hydrogen) atoms. The minimum Gasteiger partial charge on any atom is -0.457 e. The summed E-state index contributed by atoms with van der Waals surface area (Å²) in [6, 6.07) is 35.8. The number of ether oxygens (including phenoxy) is 2. The normalized spacial score (nSPS) is 10.4. The molecule has 0 heterocycles. The van der Waals surface area contributed by atoms with Crippen molar-refractivity contribution in [2.75, 3.05) is 0 Å². The van der Waals surface area contributed by atoms with Gasteiger partial charge in [-0.2, -0.15) is 0 Å². The van der Waals surface area contributed by atoms with E-state index in [0.717, 1.165) is 32.8 Å². The van der Waals surface area contributed by atoms with E-state index in [2.05, 4.69) is 12.1 Å². The second kappa shape index (κ2) is 8.47. The predicted molar refractivity (Wildman–Crippen MR) is 110 cm³/mol. The Bertz CT molecular complexity index is 918. The van der Waals surface area contributed by atoms with Crippen LogP contribution < -0.4 is 9.47 Å². The van der Waals surface area contributed by atoms with Crippen LogP contribution in [0.1, 0.15) is 0 Å². The van der Waals surface area contributed by atoms with Crippen LogP contribution in [0.4, 0.5) is 0 Å². The number of hydrogen-bond acceptors (Lipinski definition) is 3. The first-order chi connectivity index (χ1) is 13.3. The van der Waals surface area contributed by atoms with E-state index in [4.69, 9.17) is 9.47 Å². The van der Waals surface area contributed by atoms with E-state index in [9.17, 15) is 0 Å². The van der Waals surface area contributed by atoms with Crippen molar-refractivity contribution in [2.45, 2.75) is 9.79 Å². The van der Waals surface area contributed by atoms with Crippen LogP contribution in [0.25, 0.3) is 0 Å². The Morgan fingerprint density at radius 1 is 0.407 bits per heavy atom. The Balaban J connectivity index is 1.47. The number of rotatable bonds is 6. The van der Waals surface area contributed by atoms with Gasteiger partial charge in [-0.3, -0.25) is 0 Å². The van der Waals surface area contributed by atoms with E-state index in [1.807, 2.05) is 97.1 Å². The van der Waals surface area contributed by atoms with Gasteiger partial charge < -0.3 is 9.47 Å².